The van der Waals surface area contributed by atoms with Gasteiger partial charge in [-0.3, -0.25) is 4.79 Å². The molecule has 0 N–H and O–H groups in total. The van der Waals surface area contributed by atoms with Crippen molar-refractivity contribution >= 4 is 29.0 Å². The number of hydrogen-bond donors (Lipinski definition) is 0. The van der Waals surface area contributed by atoms with Crippen molar-refractivity contribution in [3.05, 3.63) is 33.6 Å². The number of piperidine rings is 1. The van der Waals surface area contributed by atoms with Gasteiger partial charge in [0.2, 0.25) is 5.95 Å². The summed E-state index contributed by atoms with van der Waals surface area (Å²) in [5, 5.41) is 1.95. The minimum absolute atomic E-state index is 0.106. The Morgan fingerprint density at radius 3 is 2.67 bits per heavy atom. The van der Waals surface area contributed by atoms with Gasteiger partial charge in [0.05, 0.1) is 17.1 Å². The Balaban J connectivity index is 1.62. The largest absolute Gasteiger partial charge is 0.362 e. The van der Waals surface area contributed by atoms with Gasteiger partial charge in [0, 0.05) is 45.7 Å². The van der Waals surface area contributed by atoms with E-state index in [9.17, 15) is 4.79 Å². The van der Waals surface area contributed by atoms with Crippen LogP contribution in [-0.4, -0.2) is 54.5 Å². The summed E-state index contributed by atoms with van der Waals surface area (Å²) in [4.78, 5) is 29.7. The Labute approximate surface area is 164 Å². The van der Waals surface area contributed by atoms with Crippen LogP contribution in [0.5, 0.6) is 0 Å². The summed E-state index contributed by atoms with van der Waals surface area (Å²) >= 11 is 1.50. The number of hydrogen-bond acceptors (Lipinski definition) is 6. The molecule has 6 nitrogen and oxygen atoms in total. The van der Waals surface area contributed by atoms with Gasteiger partial charge in [-0.2, -0.15) is 4.98 Å². The third-order valence-corrected chi connectivity index (χ3v) is 6.39. The SMILES string of the molecule is CC1CCN(c2nc3c(c(N(C)C)n2)CN(C(=O)c2cccs2)CC3)CC1. The molecule has 2 aromatic heterocycles. The van der Waals surface area contributed by atoms with E-state index in [4.69, 9.17) is 9.97 Å². The Hall–Kier alpha value is -2.15. The molecule has 4 rings (SSSR count). The van der Waals surface area contributed by atoms with Gasteiger partial charge in [0.1, 0.15) is 5.82 Å². The fourth-order valence-electron chi connectivity index (χ4n) is 3.83. The number of anilines is 2. The van der Waals surface area contributed by atoms with Crippen LogP contribution in [0.25, 0.3) is 0 Å². The highest BCUT2D eigenvalue weighted by molar-refractivity contribution is 7.12. The zero-order valence-electron chi connectivity index (χ0n) is 16.3. The smallest absolute Gasteiger partial charge is 0.264 e. The van der Waals surface area contributed by atoms with Gasteiger partial charge in [0.15, 0.2) is 0 Å². The maximum Gasteiger partial charge on any atom is 0.264 e. The van der Waals surface area contributed by atoms with Crippen LogP contribution < -0.4 is 9.80 Å². The minimum atomic E-state index is 0.106. The predicted molar refractivity (Wildman–Crippen MR) is 110 cm³/mol. The van der Waals surface area contributed by atoms with Crippen LogP contribution in [0.1, 0.15) is 40.7 Å². The summed E-state index contributed by atoms with van der Waals surface area (Å²) < 4.78 is 0. The lowest BCUT2D eigenvalue weighted by Gasteiger charge is -2.34. The third-order valence-electron chi connectivity index (χ3n) is 5.54. The average molecular weight is 386 g/mol. The molecular weight excluding hydrogens is 358 g/mol. The standard InChI is InChI=1S/C20H27N5OS/c1-14-6-9-24(10-7-14)20-21-16-8-11-25(19(26)17-5-4-12-27-17)13-15(16)18(22-20)23(2)3/h4-5,12,14H,6-11,13H2,1-3H3. The van der Waals surface area contributed by atoms with Crippen molar-refractivity contribution in [2.75, 3.05) is 43.5 Å². The summed E-state index contributed by atoms with van der Waals surface area (Å²) in [6.07, 6.45) is 3.18. The number of aromatic nitrogens is 2. The van der Waals surface area contributed by atoms with E-state index in [1.165, 1.54) is 24.2 Å². The molecule has 1 saturated heterocycles. The molecule has 0 saturated carbocycles. The fraction of sp³-hybridized carbons (Fsp3) is 0.550. The summed E-state index contributed by atoms with van der Waals surface area (Å²) in [7, 11) is 4.04. The van der Waals surface area contributed by atoms with Crippen LogP contribution in [0, 0.1) is 5.92 Å². The van der Waals surface area contributed by atoms with Gasteiger partial charge in [-0.15, -0.1) is 11.3 Å². The zero-order valence-corrected chi connectivity index (χ0v) is 17.1. The molecule has 0 spiro atoms. The molecular formula is C20H27N5OS. The maximum atomic E-state index is 12.8. The second-order valence-electron chi connectivity index (χ2n) is 7.79. The van der Waals surface area contributed by atoms with Gasteiger partial charge >= 0.3 is 0 Å². The molecule has 2 aliphatic rings. The van der Waals surface area contributed by atoms with E-state index in [0.29, 0.717) is 13.1 Å². The van der Waals surface area contributed by atoms with Crippen LogP contribution in [0.15, 0.2) is 17.5 Å². The first-order valence-electron chi connectivity index (χ1n) is 9.67. The Kier molecular flexibility index (Phi) is 5.04. The van der Waals surface area contributed by atoms with Crippen molar-refractivity contribution < 1.29 is 4.79 Å². The normalized spacial score (nSPS) is 17.7. The molecule has 1 fully saturated rings. The first-order chi connectivity index (χ1) is 13.0. The third kappa shape index (κ3) is 3.65. The van der Waals surface area contributed by atoms with Crippen molar-refractivity contribution in [3.8, 4) is 0 Å². The van der Waals surface area contributed by atoms with Crippen molar-refractivity contribution in [3.63, 3.8) is 0 Å². The number of carbonyl (C=O) groups is 1. The van der Waals surface area contributed by atoms with Crippen LogP contribution >= 0.6 is 11.3 Å². The van der Waals surface area contributed by atoms with E-state index in [1.807, 2.05) is 36.5 Å². The van der Waals surface area contributed by atoms with E-state index in [0.717, 1.165) is 53.3 Å². The van der Waals surface area contributed by atoms with Gasteiger partial charge in [0.25, 0.3) is 5.91 Å². The molecule has 7 heteroatoms. The summed E-state index contributed by atoms with van der Waals surface area (Å²) in [6.45, 7) is 5.65. The average Bonchev–Trinajstić information content (AvgIpc) is 3.21. The monoisotopic (exact) mass is 385 g/mol. The quantitative estimate of drug-likeness (QED) is 0.813. The van der Waals surface area contributed by atoms with Gasteiger partial charge < -0.3 is 14.7 Å². The molecule has 0 bridgehead atoms. The van der Waals surface area contributed by atoms with Crippen molar-refractivity contribution in [2.24, 2.45) is 5.92 Å². The lowest BCUT2D eigenvalue weighted by atomic mass is 9.99. The molecule has 0 unspecified atom stereocenters. The zero-order chi connectivity index (χ0) is 19.0. The second kappa shape index (κ2) is 7.46. The Morgan fingerprint density at radius 1 is 1.22 bits per heavy atom. The number of thiophene rings is 1. The minimum Gasteiger partial charge on any atom is -0.362 e. The summed E-state index contributed by atoms with van der Waals surface area (Å²) in [6, 6.07) is 3.82. The molecule has 2 aromatic rings. The lowest BCUT2D eigenvalue weighted by molar-refractivity contribution is 0.0738. The summed E-state index contributed by atoms with van der Waals surface area (Å²) in [5.74, 6) is 2.68. The van der Waals surface area contributed by atoms with E-state index in [1.54, 1.807) is 0 Å². The van der Waals surface area contributed by atoms with Gasteiger partial charge in [-0.25, -0.2) is 4.98 Å². The topological polar surface area (TPSA) is 52.6 Å². The molecule has 0 aliphatic carbocycles. The lowest BCUT2D eigenvalue weighted by Crippen LogP contribution is -2.39. The Bertz CT molecular complexity index is 812. The molecule has 0 atom stereocenters. The highest BCUT2D eigenvalue weighted by atomic mass is 32.1. The number of amides is 1. The van der Waals surface area contributed by atoms with Crippen LogP contribution in [0.4, 0.5) is 11.8 Å². The number of carbonyl (C=O) groups excluding carboxylic acids is 1. The van der Waals surface area contributed by atoms with E-state index >= 15 is 0 Å². The van der Waals surface area contributed by atoms with E-state index in [2.05, 4.69) is 16.7 Å². The molecule has 0 aromatic carbocycles. The van der Waals surface area contributed by atoms with E-state index in [-0.39, 0.29) is 5.91 Å². The molecule has 27 heavy (non-hydrogen) atoms. The van der Waals surface area contributed by atoms with Crippen LogP contribution in [0.3, 0.4) is 0 Å². The van der Waals surface area contributed by atoms with Crippen LogP contribution in [-0.2, 0) is 13.0 Å². The predicted octanol–water partition coefficient (Wildman–Crippen LogP) is 3.04. The number of fused-ring (bicyclic) bond motifs is 1. The fourth-order valence-corrected chi connectivity index (χ4v) is 4.52. The maximum absolute atomic E-state index is 12.8. The van der Waals surface area contributed by atoms with Crippen molar-refractivity contribution in [1.29, 1.82) is 0 Å². The molecule has 2 aliphatic heterocycles. The van der Waals surface area contributed by atoms with Gasteiger partial charge in [-0.1, -0.05) is 13.0 Å². The second-order valence-corrected chi connectivity index (χ2v) is 8.74. The number of nitrogens with zero attached hydrogens (tertiary/aromatic N) is 5. The molecule has 0 radical (unpaired) electrons. The molecule has 4 heterocycles. The highest BCUT2D eigenvalue weighted by Crippen LogP contribution is 2.30. The van der Waals surface area contributed by atoms with Crippen molar-refractivity contribution in [1.82, 2.24) is 14.9 Å². The van der Waals surface area contributed by atoms with Gasteiger partial charge in [-0.05, 0) is 30.2 Å². The van der Waals surface area contributed by atoms with Crippen molar-refractivity contribution in [2.45, 2.75) is 32.7 Å². The Morgan fingerprint density at radius 2 is 2.00 bits per heavy atom. The first-order valence-corrected chi connectivity index (χ1v) is 10.6. The van der Waals surface area contributed by atoms with E-state index < -0.39 is 0 Å². The molecule has 1 amide bonds. The number of rotatable bonds is 3. The highest BCUT2D eigenvalue weighted by Gasteiger charge is 2.28. The first kappa shape index (κ1) is 18.2. The summed E-state index contributed by atoms with van der Waals surface area (Å²) in [5.41, 5.74) is 2.18. The molecule has 144 valence electrons. The van der Waals surface area contributed by atoms with Crippen LogP contribution in [0.2, 0.25) is 0 Å².